The SMILES string of the molecule is C=C(N)[C@H](C#N)C(=O)CSc1nnc2sc3ccccc3n12. The van der Waals surface area contributed by atoms with Gasteiger partial charge in [0.05, 0.1) is 22.0 Å². The van der Waals surface area contributed by atoms with Gasteiger partial charge in [-0.2, -0.15) is 5.26 Å². The number of hydrogen-bond donors (Lipinski definition) is 1. The van der Waals surface area contributed by atoms with Crippen molar-refractivity contribution in [3.63, 3.8) is 0 Å². The molecule has 2 N–H and O–H groups in total. The van der Waals surface area contributed by atoms with Crippen molar-refractivity contribution >= 4 is 44.1 Å². The summed E-state index contributed by atoms with van der Waals surface area (Å²) in [6, 6.07) is 9.76. The van der Waals surface area contributed by atoms with Crippen LogP contribution < -0.4 is 5.73 Å². The van der Waals surface area contributed by atoms with E-state index in [1.807, 2.05) is 34.7 Å². The first-order valence-corrected chi connectivity index (χ1v) is 8.14. The number of allylic oxidation sites excluding steroid dienone is 1. The van der Waals surface area contributed by atoms with Gasteiger partial charge in [0.1, 0.15) is 5.92 Å². The first-order valence-electron chi connectivity index (χ1n) is 6.34. The Balaban J connectivity index is 1.87. The zero-order chi connectivity index (χ0) is 15.7. The minimum atomic E-state index is -0.977. The van der Waals surface area contributed by atoms with E-state index in [0.717, 1.165) is 15.2 Å². The van der Waals surface area contributed by atoms with Gasteiger partial charge >= 0.3 is 0 Å². The molecule has 1 aromatic carbocycles. The van der Waals surface area contributed by atoms with E-state index in [-0.39, 0.29) is 17.2 Å². The zero-order valence-corrected chi connectivity index (χ0v) is 13.0. The number of thioether (sulfide) groups is 1. The van der Waals surface area contributed by atoms with Crippen LogP contribution >= 0.6 is 23.1 Å². The molecule has 0 saturated carbocycles. The summed E-state index contributed by atoms with van der Waals surface area (Å²) in [5.74, 6) is -1.16. The number of nitrogens with zero attached hydrogens (tertiary/aromatic N) is 4. The molecule has 0 amide bonds. The van der Waals surface area contributed by atoms with E-state index in [1.54, 1.807) is 0 Å². The third-order valence-corrected chi connectivity index (χ3v) is 5.04. The quantitative estimate of drug-likeness (QED) is 0.721. The van der Waals surface area contributed by atoms with Crippen molar-refractivity contribution < 1.29 is 4.79 Å². The van der Waals surface area contributed by atoms with Crippen LogP contribution in [0, 0.1) is 17.2 Å². The molecular formula is C14H11N5OS2. The van der Waals surface area contributed by atoms with Gasteiger partial charge in [-0.1, -0.05) is 41.8 Å². The van der Waals surface area contributed by atoms with Crippen molar-refractivity contribution in [2.75, 3.05) is 5.75 Å². The monoisotopic (exact) mass is 329 g/mol. The van der Waals surface area contributed by atoms with Crippen molar-refractivity contribution in [3.05, 3.63) is 36.5 Å². The van der Waals surface area contributed by atoms with Crippen LogP contribution in [-0.4, -0.2) is 26.1 Å². The number of Topliss-reactive ketones (excluding diaryl/α,β-unsaturated/α-hetero) is 1. The molecule has 0 spiro atoms. The van der Waals surface area contributed by atoms with Crippen LogP contribution in [0.2, 0.25) is 0 Å². The Bertz CT molecular complexity index is 920. The average molecular weight is 329 g/mol. The average Bonchev–Trinajstić information content (AvgIpc) is 3.04. The molecule has 6 nitrogen and oxygen atoms in total. The summed E-state index contributed by atoms with van der Waals surface area (Å²) in [6.07, 6.45) is 0. The van der Waals surface area contributed by atoms with E-state index in [9.17, 15) is 4.79 Å². The lowest BCUT2D eigenvalue weighted by molar-refractivity contribution is -0.117. The van der Waals surface area contributed by atoms with Crippen molar-refractivity contribution in [1.29, 1.82) is 5.26 Å². The van der Waals surface area contributed by atoms with E-state index in [0.29, 0.717) is 5.16 Å². The molecule has 0 unspecified atom stereocenters. The molecule has 3 aromatic rings. The highest BCUT2D eigenvalue weighted by Gasteiger charge is 2.21. The number of aromatic nitrogens is 3. The van der Waals surface area contributed by atoms with Crippen LogP contribution in [-0.2, 0) is 4.79 Å². The molecule has 0 radical (unpaired) electrons. The number of rotatable bonds is 5. The molecular weight excluding hydrogens is 318 g/mol. The van der Waals surface area contributed by atoms with Gasteiger partial charge in [-0.25, -0.2) is 0 Å². The topological polar surface area (TPSA) is 97.1 Å². The molecule has 0 saturated heterocycles. The highest BCUT2D eigenvalue weighted by molar-refractivity contribution is 7.99. The Hall–Kier alpha value is -2.37. The summed E-state index contributed by atoms with van der Waals surface area (Å²) < 4.78 is 3.02. The third kappa shape index (κ3) is 2.45. The first-order chi connectivity index (χ1) is 10.6. The lowest BCUT2D eigenvalue weighted by atomic mass is 10.1. The Labute approximate surface area is 134 Å². The lowest BCUT2D eigenvalue weighted by Crippen LogP contribution is -2.21. The molecule has 2 aromatic heterocycles. The van der Waals surface area contributed by atoms with Crippen LogP contribution in [0.3, 0.4) is 0 Å². The third-order valence-electron chi connectivity index (χ3n) is 3.08. The molecule has 1 atom stereocenters. The summed E-state index contributed by atoms with van der Waals surface area (Å²) in [4.78, 5) is 12.8. The summed E-state index contributed by atoms with van der Waals surface area (Å²) in [6.45, 7) is 3.47. The van der Waals surface area contributed by atoms with Crippen LogP contribution in [0.15, 0.2) is 41.7 Å². The van der Waals surface area contributed by atoms with Crippen molar-refractivity contribution in [2.45, 2.75) is 5.16 Å². The van der Waals surface area contributed by atoms with Crippen molar-refractivity contribution in [1.82, 2.24) is 14.6 Å². The number of nitrogens with two attached hydrogens (primary N) is 1. The molecule has 0 aliphatic carbocycles. The highest BCUT2D eigenvalue weighted by atomic mass is 32.2. The number of ketones is 1. The summed E-state index contributed by atoms with van der Waals surface area (Å²) >= 11 is 2.78. The summed E-state index contributed by atoms with van der Waals surface area (Å²) in [7, 11) is 0. The number of thiazole rings is 1. The molecule has 0 aliphatic heterocycles. The maximum absolute atomic E-state index is 12.0. The van der Waals surface area contributed by atoms with Gasteiger partial charge in [-0.05, 0) is 12.1 Å². The van der Waals surface area contributed by atoms with Gasteiger partial charge in [-0.3, -0.25) is 9.20 Å². The predicted octanol–water partition coefficient (Wildman–Crippen LogP) is 2.22. The Morgan fingerprint density at radius 2 is 2.27 bits per heavy atom. The van der Waals surface area contributed by atoms with Crippen molar-refractivity contribution in [3.8, 4) is 6.07 Å². The maximum Gasteiger partial charge on any atom is 0.217 e. The summed E-state index contributed by atoms with van der Waals surface area (Å²) in [5, 5.41) is 17.8. The number of hydrogen-bond acceptors (Lipinski definition) is 7. The number of fused-ring (bicyclic) bond motifs is 3. The minimum Gasteiger partial charge on any atom is -0.401 e. The van der Waals surface area contributed by atoms with Gasteiger partial charge in [0.2, 0.25) is 4.96 Å². The lowest BCUT2D eigenvalue weighted by Gasteiger charge is -2.06. The second-order valence-corrected chi connectivity index (χ2v) is 6.51. The standard InChI is InChI=1S/C14H11N5OS2/c1-8(16)9(6-15)11(20)7-21-13-17-18-14-19(13)10-4-2-3-5-12(10)22-14/h2-5,9H,1,7,16H2/t9-/m0/s1. The van der Waals surface area contributed by atoms with E-state index in [2.05, 4.69) is 16.8 Å². The highest BCUT2D eigenvalue weighted by Crippen LogP contribution is 2.29. The Kier molecular flexibility index (Phi) is 3.83. The smallest absolute Gasteiger partial charge is 0.217 e. The fraction of sp³-hybridized carbons (Fsp3) is 0.143. The van der Waals surface area contributed by atoms with E-state index >= 15 is 0 Å². The summed E-state index contributed by atoms with van der Waals surface area (Å²) in [5.41, 5.74) is 6.54. The fourth-order valence-corrected chi connectivity index (χ4v) is 3.90. The van der Waals surface area contributed by atoms with Gasteiger partial charge in [0, 0.05) is 5.70 Å². The van der Waals surface area contributed by atoms with E-state index < -0.39 is 5.92 Å². The normalized spacial score (nSPS) is 12.3. The van der Waals surface area contributed by atoms with Gasteiger partial charge < -0.3 is 5.73 Å². The van der Waals surface area contributed by atoms with Gasteiger partial charge in [0.15, 0.2) is 10.9 Å². The number of nitriles is 1. The van der Waals surface area contributed by atoms with E-state index in [1.165, 1.54) is 23.1 Å². The first kappa shape index (κ1) is 14.6. The van der Waals surface area contributed by atoms with Crippen LogP contribution in [0.4, 0.5) is 0 Å². The number of para-hydroxylation sites is 1. The molecule has 0 aliphatic rings. The van der Waals surface area contributed by atoms with Gasteiger partial charge in [0.25, 0.3) is 0 Å². The fourth-order valence-electron chi connectivity index (χ4n) is 2.03. The molecule has 0 bridgehead atoms. The predicted molar refractivity (Wildman–Crippen MR) is 86.5 cm³/mol. The molecule has 3 rings (SSSR count). The molecule has 2 heterocycles. The molecule has 110 valence electrons. The molecule has 22 heavy (non-hydrogen) atoms. The molecule has 0 fully saturated rings. The van der Waals surface area contributed by atoms with Crippen LogP contribution in [0.25, 0.3) is 15.2 Å². The van der Waals surface area contributed by atoms with Gasteiger partial charge in [-0.15, -0.1) is 10.2 Å². The zero-order valence-electron chi connectivity index (χ0n) is 11.4. The molecule has 8 heteroatoms. The Morgan fingerprint density at radius 1 is 1.50 bits per heavy atom. The Morgan fingerprint density at radius 3 is 3.00 bits per heavy atom. The van der Waals surface area contributed by atoms with Crippen LogP contribution in [0.5, 0.6) is 0 Å². The van der Waals surface area contributed by atoms with Crippen molar-refractivity contribution in [2.24, 2.45) is 11.7 Å². The second-order valence-electron chi connectivity index (χ2n) is 4.56. The van der Waals surface area contributed by atoms with E-state index in [4.69, 9.17) is 11.0 Å². The van der Waals surface area contributed by atoms with Crippen LogP contribution in [0.1, 0.15) is 0 Å². The number of benzene rings is 1. The largest absolute Gasteiger partial charge is 0.401 e. The minimum absolute atomic E-state index is 0.0699. The maximum atomic E-state index is 12.0. The number of carbonyl (C=O) groups is 1. The second kappa shape index (κ2) is 5.79. The number of carbonyl (C=O) groups excluding carboxylic acids is 1.